The number of benzene rings is 2. The molecule has 2 aromatic carbocycles. The number of rotatable bonds is 9. The lowest BCUT2D eigenvalue weighted by atomic mass is 10.0. The van der Waals surface area contributed by atoms with E-state index in [2.05, 4.69) is 28.7 Å². The normalized spacial score (nSPS) is 14.9. The number of nitrogens with zero attached hydrogens (tertiary/aromatic N) is 3. The molecule has 0 atom stereocenters. The number of hydrogen-bond acceptors (Lipinski definition) is 5. The number of halogens is 4. The predicted molar refractivity (Wildman–Crippen MR) is 137 cm³/mol. The van der Waals surface area contributed by atoms with Crippen molar-refractivity contribution in [2.75, 3.05) is 44.6 Å². The molecule has 0 bridgehead atoms. The molecule has 0 saturated carbocycles. The maximum Gasteiger partial charge on any atom is 0.416 e. The van der Waals surface area contributed by atoms with Gasteiger partial charge in [0.1, 0.15) is 6.61 Å². The van der Waals surface area contributed by atoms with Crippen molar-refractivity contribution in [3.63, 3.8) is 0 Å². The van der Waals surface area contributed by atoms with Crippen LogP contribution in [0.4, 0.5) is 23.2 Å². The van der Waals surface area contributed by atoms with Gasteiger partial charge < -0.3 is 15.0 Å². The highest BCUT2D eigenvalue weighted by molar-refractivity contribution is 5.63. The van der Waals surface area contributed by atoms with Crippen LogP contribution < -0.4 is 10.1 Å². The molecule has 4 rings (SSSR count). The summed E-state index contributed by atoms with van der Waals surface area (Å²) >= 11 is 0. The number of aromatic nitrogens is 1. The van der Waals surface area contributed by atoms with E-state index in [1.54, 1.807) is 30.6 Å². The minimum absolute atomic E-state index is 0.0186. The first-order valence-electron chi connectivity index (χ1n) is 12.2. The first kappa shape index (κ1) is 26.6. The Morgan fingerprint density at radius 2 is 1.78 bits per heavy atom. The molecule has 1 N–H and O–H groups in total. The Morgan fingerprint density at radius 3 is 2.43 bits per heavy atom. The minimum Gasteiger partial charge on any atom is -0.484 e. The molecule has 0 amide bonds. The molecule has 1 fully saturated rings. The highest BCUT2D eigenvalue weighted by Crippen LogP contribution is 2.35. The number of piperazine rings is 1. The molecule has 0 radical (unpaired) electrons. The highest BCUT2D eigenvalue weighted by Gasteiger charge is 2.34. The van der Waals surface area contributed by atoms with Crippen molar-refractivity contribution in [3.8, 4) is 16.9 Å². The average molecular weight is 515 g/mol. The summed E-state index contributed by atoms with van der Waals surface area (Å²) in [7, 11) is 0. The topological polar surface area (TPSA) is 40.6 Å². The first-order valence-corrected chi connectivity index (χ1v) is 12.2. The van der Waals surface area contributed by atoms with E-state index in [9.17, 15) is 17.6 Å². The summed E-state index contributed by atoms with van der Waals surface area (Å²) in [6.07, 6.45) is -1.22. The summed E-state index contributed by atoms with van der Waals surface area (Å²) in [4.78, 5) is 8.35. The van der Waals surface area contributed by atoms with Gasteiger partial charge in [-0.2, -0.15) is 13.2 Å². The maximum absolute atomic E-state index is 14.5. The van der Waals surface area contributed by atoms with Gasteiger partial charge in [0, 0.05) is 62.1 Å². The van der Waals surface area contributed by atoms with E-state index in [0.29, 0.717) is 11.3 Å². The Labute approximate surface area is 214 Å². The van der Waals surface area contributed by atoms with Crippen molar-refractivity contribution < 1.29 is 22.3 Å². The van der Waals surface area contributed by atoms with Gasteiger partial charge in [-0.05, 0) is 48.0 Å². The Hall–Kier alpha value is -3.43. The van der Waals surface area contributed by atoms with E-state index in [1.807, 2.05) is 11.0 Å². The van der Waals surface area contributed by atoms with Gasteiger partial charge in [0.15, 0.2) is 11.6 Å². The molecule has 37 heavy (non-hydrogen) atoms. The van der Waals surface area contributed by atoms with Crippen molar-refractivity contribution in [1.82, 2.24) is 14.8 Å². The van der Waals surface area contributed by atoms with Crippen molar-refractivity contribution in [2.24, 2.45) is 0 Å². The van der Waals surface area contributed by atoms with Gasteiger partial charge in [-0.3, -0.25) is 9.88 Å². The van der Waals surface area contributed by atoms with E-state index in [4.69, 9.17) is 4.74 Å². The van der Waals surface area contributed by atoms with Gasteiger partial charge >= 0.3 is 6.18 Å². The van der Waals surface area contributed by atoms with Crippen LogP contribution >= 0.6 is 0 Å². The van der Waals surface area contributed by atoms with Crippen LogP contribution in [-0.2, 0) is 12.7 Å². The smallest absolute Gasteiger partial charge is 0.416 e. The number of ether oxygens (including phenoxy) is 1. The van der Waals surface area contributed by atoms with Crippen molar-refractivity contribution in [3.05, 3.63) is 90.1 Å². The number of anilines is 1. The van der Waals surface area contributed by atoms with E-state index in [-0.39, 0.29) is 30.2 Å². The largest absolute Gasteiger partial charge is 0.484 e. The van der Waals surface area contributed by atoms with Crippen LogP contribution in [0, 0.1) is 5.82 Å². The summed E-state index contributed by atoms with van der Waals surface area (Å²) < 4.78 is 61.6. The number of likely N-dealkylation sites (N-methyl/N-ethyl adjacent to an activating group) is 1. The zero-order chi connectivity index (χ0) is 26.4. The van der Waals surface area contributed by atoms with Crippen LogP contribution in [-0.4, -0.2) is 54.1 Å². The highest BCUT2D eigenvalue weighted by atomic mass is 19.4. The lowest BCUT2D eigenvalue weighted by Crippen LogP contribution is -2.45. The Kier molecular flexibility index (Phi) is 8.45. The second-order valence-corrected chi connectivity index (χ2v) is 8.98. The number of hydrogen-bond donors (Lipinski definition) is 1. The van der Waals surface area contributed by atoms with Gasteiger partial charge in [-0.25, -0.2) is 4.39 Å². The van der Waals surface area contributed by atoms with Crippen molar-refractivity contribution >= 4 is 5.69 Å². The molecule has 3 aromatic rings. The standard InChI is InChI=1S/C28H30F4N4O/c1-3-35-11-13-36(14-12-35)18-23-6-8-24(16-25(23)28(30,31)32)34-20(2)19-37-27-9-7-21(15-26(27)29)22-5-4-10-33-17-22/h4-10,15-17,34H,2-3,11-14,18-19H2,1H3. The summed E-state index contributed by atoms with van der Waals surface area (Å²) in [5.41, 5.74) is 1.52. The number of nitrogens with one attached hydrogen (secondary N) is 1. The number of alkyl halides is 3. The van der Waals surface area contributed by atoms with E-state index in [1.165, 1.54) is 18.2 Å². The summed E-state index contributed by atoms with van der Waals surface area (Å²) in [6.45, 7) is 10.1. The lowest BCUT2D eigenvalue weighted by molar-refractivity contribution is -0.138. The zero-order valence-electron chi connectivity index (χ0n) is 20.7. The molecule has 1 saturated heterocycles. The zero-order valence-corrected chi connectivity index (χ0v) is 20.7. The van der Waals surface area contributed by atoms with Gasteiger partial charge in [-0.15, -0.1) is 0 Å². The molecule has 1 aliphatic heterocycles. The second-order valence-electron chi connectivity index (χ2n) is 8.98. The number of pyridine rings is 1. The van der Waals surface area contributed by atoms with Crippen molar-refractivity contribution in [2.45, 2.75) is 19.6 Å². The third kappa shape index (κ3) is 7.08. The quantitative estimate of drug-likeness (QED) is 0.352. The first-order chi connectivity index (χ1) is 17.7. The molecule has 5 nitrogen and oxygen atoms in total. The minimum atomic E-state index is -4.49. The summed E-state index contributed by atoms with van der Waals surface area (Å²) in [5.74, 6) is -0.539. The molecule has 9 heteroatoms. The van der Waals surface area contributed by atoms with Gasteiger partial charge in [-0.1, -0.05) is 31.7 Å². The molecule has 1 aliphatic rings. The van der Waals surface area contributed by atoms with Gasteiger partial charge in [0.2, 0.25) is 0 Å². The van der Waals surface area contributed by atoms with Gasteiger partial charge in [0.05, 0.1) is 5.56 Å². The van der Waals surface area contributed by atoms with Crippen molar-refractivity contribution in [1.29, 1.82) is 0 Å². The lowest BCUT2D eigenvalue weighted by Gasteiger charge is -2.34. The average Bonchev–Trinajstić information content (AvgIpc) is 2.89. The Bertz CT molecular complexity index is 1210. The molecule has 0 spiro atoms. The molecule has 0 aliphatic carbocycles. The Balaban J connectivity index is 1.38. The fourth-order valence-electron chi connectivity index (χ4n) is 4.30. The SMILES string of the molecule is C=C(COc1ccc(-c2cccnc2)cc1F)Nc1ccc(CN2CCN(CC)CC2)c(C(F)(F)F)c1. The summed E-state index contributed by atoms with van der Waals surface area (Å²) in [6, 6.07) is 12.3. The van der Waals surface area contributed by atoms with Crippen LogP contribution in [0.2, 0.25) is 0 Å². The molecule has 196 valence electrons. The molecular formula is C28H30F4N4O. The van der Waals surface area contributed by atoms with Crippen LogP contribution in [0.1, 0.15) is 18.1 Å². The molecule has 1 aromatic heterocycles. The fourth-order valence-corrected chi connectivity index (χ4v) is 4.30. The van der Waals surface area contributed by atoms with E-state index in [0.717, 1.165) is 44.4 Å². The third-order valence-corrected chi connectivity index (χ3v) is 6.37. The van der Waals surface area contributed by atoms with Gasteiger partial charge in [0.25, 0.3) is 0 Å². The molecule has 2 heterocycles. The van der Waals surface area contributed by atoms with Crippen LogP contribution in [0.3, 0.4) is 0 Å². The predicted octanol–water partition coefficient (Wildman–Crippen LogP) is 6.05. The van der Waals surface area contributed by atoms with Crippen LogP contribution in [0.15, 0.2) is 73.2 Å². The summed E-state index contributed by atoms with van der Waals surface area (Å²) in [5, 5.41) is 2.86. The maximum atomic E-state index is 14.5. The van der Waals surface area contributed by atoms with Crippen LogP contribution in [0.5, 0.6) is 5.75 Å². The van der Waals surface area contributed by atoms with E-state index < -0.39 is 17.6 Å². The molecular weight excluding hydrogens is 484 g/mol. The monoisotopic (exact) mass is 514 g/mol. The van der Waals surface area contributed by atoms with Crippen LogP contribution in [0.25, 0.3) is 11.1 Å². The Morgan fingerprint density at radius 1 is 1.03 bits per heavy atom. The third-order valence-electron chi connectivity index (χ3n) is 6.37. The van der Waals surface area contributed by atoms with E-state index >= 15 is 0 Å². The molecule has 0 unspecified atom stereocenters. The fraction of sp³-hybridized carbons (Fsp3) is 0.321. The second kappa shape index (κ2) is 11.7.